The summed E-state index contributed by atoms with van der Waals surface area (Å²) >= 11 is 2.99. The van der Waals surface area contributed by atoms with Gasteiger partial charge in [0.1, 0.15) is 17.3 Å². The average molecular weight is 460 g/mol. The van der Waals surface area contributed by atoms with Gasteiger partial charge in [-0.05, 0) is 40.2 Å². The van der Waals surface area contributed by atoms with Crippen LogP contribution in [0.2, 0.25) is 0 Å². The molecule has 1 aromatic heterocycles. The van der Waals surface area contributed by atoms with Crippen molar-refractivity contribution in [1.82, 2.24) is 9.29 Å². The number of nitrogens with zero attached hydrogens (tertiary/aromatic N) is 1. The molecule has 1 unspecified atom stereocenters. The molecule has 0 aliphatic heterocycles. The van der Waals surface area contributed by atoms with E-state index < -0.39 is 39.7 Å². The van der Waals surface area contributed by atoms with Gasteiger partial charge in [-0.25, -0.2) is 17.5 Å². The van der Waals surface area contributed by atoms with E-state index in [2.05, 4.69) is 21.2 Å². The summed E-state index contributed by atoms with van der Waals surface area (Å²) in [6, 6.07) is 4.91. The van der Waals surface area contributed by atoms with Crippen molar-refractivity contribution in [1.29, 1.82) is 0 Å². The van der Waals surface area contributed by atoms with Crippen LogP contribution in [0.4, 0.5) is 23.2 Å². The monoisotopic (exact) mass is 459 g/mol. The van der Waals surface area contributed by atoms with Gasteiger partial charge in [-0.2, -0.15) is 13.2 Å². The first-order chi connectivity index (χ1) is 11.9. The number of aromatic nitrogens is 1. The zero-order valence-corrected chi connectivity index (χ0v) is 15.6. The van der Waals surface area contributed by atoms with E-state index in [1.54, 1.807) is 0 Å². The Balaban J connectivity index is 2.19. The standard InChI is InChI=1S/C14H14BrF4N3O3S/c1-22-6-9(26(24,25)20-7-14(17,18)19)5-12(22)13(23)21-8-2-3-11(16)10(15)4-8/h2-6,13,20-21,23H,7H2,1H3. The quantitative estimate of drug-likeness (QED) is 0.458. The molecule has 0 spiro atoms. The number of sulfonamides is 1. The fourth-order valence-electron chi connectivity index (χ4n) is 2.05. The number of aliphatic hydroxyl groups is 1. The van der Waals surface area contributed by atoms with Crippen LogP contribution in [0.3, 0.4) is 0 Å². The van der Waals surface area contributed by atoms with Gasteiger partial charge in [-0.1, -0.05) is 0 Å². The first kappa shape index (κ1) is 20.7. The summed E-state index contributed by atoms with van der Waals surface area (Å²) < 4.78 is 76.5. The molecule has 0 radical (unpaired) electrons. The molecule has 0 amide bonds. The highest BCUT2D eigenvalue weighted by atomic mass is 79.9. The Morgan fingerprint density at radius 2 is 1.96 bits per heavy atom. The van der Waals surface area contributed by atoms with Crippen molar-refractivity contribution in [2.75, 3.05) is 11.9 Å². The molecular weight excluding hydrogens is 446 g/mol. The fraction of sp³-hybridized carbons (Fsp3) is 0.286. The van der Waals surface area contributed by atoms with Crippen molar-refractivity contribution in [2.24, 2.45) is 7.05 Å². The molecule has 0 fully saturated rings. The first-order valence-corrected chi connectivity index (χ1v) is 9.29. The SMILES string of the molecule is Cn1cc(S(=O)(=O)NCC(F)(F)F)cc1C(O)Nc1ccc(F)c(Br)c1. The van der Waals surface area contributed by atoms with Gasteiger partial charge in [-0.3, -0.25) is 0 Å². The van der Waals surface area contributed by atoms with E-state index >= 15 is 0 Å². The maximum atomic E-state index is 13.2. The molecule has 144 valence electrons. The molecule has 2 rings (SSSR count). The number of rotatable bonds is 6. The van der Waals surface area contributed by atoms with Gasteiger partial charge in [0.05, 0.1) is 10.2 Å². The maximum Gasteiger partial charge on any atom is 0.402 e. The summed E-state index contributed by atoms with van der Waals surface area (Å²) in [5.74, 6) is -0.506. The van der Waals surface area contributed by atoms with Crippen molar-refractivity contribution < 1.29 is 31.1 Å². The van der Waals surface area contributed by atoms with Gasteiger partial charge in [0.25, 0.3) is 0 Å². The summed E-state index contributed by atoms with van der Waals surface area (Å²) in [6.07, 6.45) is -5.01. The van der Waals surface area contributed by atoms with Crippen molar-refractivity contribution in [3.63, 3.8) is 0 Å². The van der Waals surface area contributed by atoms with Crippen LogP contribution >= 0.6 is 15.9 Å². The van der Waals surface area contributed by atoms with Crippen LogP contribution in [0.25, 0.3) is 0 Å². The Kier molecular flexibility index (Phi) is 6.00. The third kappa shape index (κ3) is 5.19. The van der Waals surface area contributed by atoms with Gasteiger partial charge < -0.3 is 15.0 Å². The molecule has 0 saturated carbocycles. The number of alkyl halides is 3. The molecule has 12 heteroatoms. The molecule has 0 saturated heterocycles. The minimum absolute atomic E-state index is 0.0813. The summed E-state index contributed by atoms with van der Waals surface area (Å²) in [5.41, 5.74) is 0.421. The van der Waals surface area contributed by atoms with E-state index in [1.165, 1.54) is 28.5 Å². The predicted octanol–water partition coefficient (Wildman–Crippen LogP) is 2.87. The highest BCUT2D eigenvalue weighted by molar-refractivity contribution is 9.10. The van der Waals surface area contributed by atoms with Crippen molar-refractivity contribution in [3.8, 4) is 0 Å². The lowest BCUT2D eigenvalue weighted by Crippen LogP contribution is -2.33. The van der Waals surface area contributed by atoms with E-state index in [0.29, 0.717) is 5.69 Å². The lowest BCUT2D eigenvalue weighted by molar-refractivity contribution is -0.121. The molecule has 0 aliphatic rings. The van der Waals surface area contributed by atoms with Gasteiger partial charge in [0.2, 0.25) is 10.0 Å². The number of hydrogen-bond donors (Lipinski definition) is 3. The Morgan fingerprint density at radius 1 is 1.31 bits per heavy atom. The van der Waals surface area contributed by atoms with Crippen LogP contribution in [0.1, 0.15) is 11.9 Å². The van der Waals surface area contributed by atoms with Crippen LogP contribution in [0.15, 0.2) is 39.8 Å². The van der Waals surface area contributed by atoms with Crippen LogP contribution < -0.4 is 10.0 Å². The highest BCUT2D eigenvalue weighted by Gasteiger charge is 2.31. The first-order valence-electron chi connectivity index (χ1n) is 7.01. The van der Waals surface area contributed by atoms with E-state index in [0.717, 1.165) is 18.3 Å². The predicted molar refractivity (Wildman–Crippen MR) is 89.3 cm³/mol. The zero-order valence-electron chi connectivity index (χ0n) is 13.2. The molecule has 1 heterocycles. The van der Waals surface area contributed by atoms with E-state index in [9.17, 15) is 31.1 Å². The number of halogens is 5. The summed E-state index contributed by atoms with van der Waals surface area (Å²) in [4.78, 5) is -0.430. The lowest BCUT2D eigenvalue weighted by atomic mass is 10.3. The van der Waals surface area contributed by atoms with Crippen LogP contribution in [-0.4, -0.2) is 30.8 Å². The zero-order chi connectivity index (χ0) is 19.7. The number of aryl methyl sites for hydroxylation is 1. The van der Waals surface area contributed by atoms with Gasteiger partial charge in [0.15, 0.2) is 6.23 Å². The van der Waals surface area contributed by atoms with Crippen molar-refractivity contribution in [2.45, 2.75) is 17.3 Å². The largest absolute Gasteiger partial charge is 0.402 e. The Labute approximate surface area is 155 Å². The molecule has 1 atom stereocenters. The molecule has 3 N–H and O–H groups in total. The summed E-state index contributed by atoms with van der Waals surface area (Å²) in [6.45, 7) is -1.70. The van der Waals surface area contributed by atoms with Crippen molar-refractivity contribution in [3.05, 3.63) is 46.4 Å². The Bertz CT molecular complexity index is 899. The molecule has 26 heavy (non-hydrogen) atoms. The fourth-order valence-corrected chi connectivity index (χ4v) is 3.52. The normalized spacial score (nSPS) is 13.7. The van der Waals surface area contributed by atoms with Crippen LogP contribution in [-0.2, 0) is 17.1 Å². The topological polar surface area (TPSA) is 83.4 Å². The Hall–Kier alpha value is -1.63. The second-order valence-corrected chi connectivity index (χ2v) is 7.95. The molecule has 0 bridgehead atoms. The van der Waals surface area contributed by atoms with Crippen LogP contribution in [0, 0.1) is 5.82 Å². The van der Waals surface area contributed by atoms with Gasteiger partial charge in [0, 0.05) is 18.9 Å². The third-order valence-corrected chi connectivity index (χ3v) is 5.27. The van der Waals surface area contributed by atoms with E-state index in [4.69, 9.17) is 0 Å². The smallest absolute Gasteiger partial charge is 0.368 e. The second kappa shape index (κ2) is 7.55. The molecule has 1 aromatic carbocycles. The average Bonchev–Trinajstić information content (AvgIpc) is 2.91. The van der Waals surface area contributed by atoms with Crippen molar-refractivity contribution >= 4 is 31.6 Å². The number of anilines is 1. The highest BCUT2D eigenvalue weighted by Crippen LogP contribution is 2.25. The van der Waals surface area contributed by atoms with Gasteiger partial charge >= 0.3 is 6.18 Å². The number of aliphatic hydroxyl groups excluding tert-OH is 1. The molecule has 0 aliphatic carbocycles. The lowest BCUT2D eigenvalue weighted by Gasteiger charge is -2.15. The van der Waals surface area contributed by atoms with Gasteiger partial charge in [-0.15, -0.1) is 0 Å². The molecule has 2 aromatic rings. The summed E-state index contributed by atoms with van der Waals surface area (Å²) in [7, 11) is -2.98. The number of nitrogens with one attached hydrogen (secondary N) is 2. The van der Waals surface area contributed by atoms with E-state index in [1.807, 2.05) is 0 Å². The Morgan fingerprint density at radius 3 is 2.54 bits per heavy atom. The van der Waals surface area contributed by atoms with E-state index in [-0.39, 0.29) is 10.2 Å². The molecule has 6 nitrogen and oxygen atoms in total. The summed E-state index contributed by atoms with van der Waals surface area (Å²) in [5, 5.41) is 12.8. The number of benzene rings is 1. The van der Waals surface area contributed by atoms with Crippen LogP contribution in [0.5, 0.6) is 0 Å². The maximum absolute atomic E-state index is 13.2. The minimum atomic E-state index is -4.69. The number of hydrogen-bond acceptors (Lipinski definition) is 4. The minimum Gasteiger partial charge on any atom is -0.368 e. The second-order valence-electron chi connectivity index (χ2n) is 5.33. The third-order valence-electron chi connectivity index (χ3n) is 3.29. The molecular formula is C14H14BrF4N3O3S.